The quantitative estimate of drug-likeness (QED) is 0.917. The summed E-state index contributed by atoms with van der Waals surface area (Å²) in [6, 6.07) is 6.34. The van der Waals surface area contributed by atoms with Crippen LogP contribution in [0.3, 0.4) is 0 Å². The second-order valence-electron chi connectivity index (χ2n) is 5.10. The summed E-state index contributed by atoms with van der Waals surface area (Å²) in [4.78, 5) is 4.17. The fraction of sp³-hybridized carbons (Fsp3) is 0.400. The molecule has 4 heteroatoms. The van der Waals surface area contributed by atoms with Crippen LogP contribution < -0.4 is 4.74 Å². The molecule has 1 unspecified atom stereocenters. The van der Waals surface area contributed by atoms with Gasteiger partial charge in [0.2, 0.25) is 0 Å². The van der Waals surface area contributed by atoms with E-state index in [0.717, 1.165) is 16.8 Å². The van der Waals surface area contributed by atoms with Crippen LogP contribution in [0, 0.1) is 6.92 Å². The minimum atomic E-state index is -0.696. The number of hydrogen-bond acceptors (Lipinski definition) is 3. The monoisotopic (exact) mass is 258 g/mol. The van der Waals surface area contributed by atoms with Gasteiger partial charge in [0.05, 0.1) is 25.3 Å². The number of aliphatic hydroxyl groups excluding tert-OH is 1. The summed E-state index contributed by atoms with van der Waals surface area (Å²) < 4.78 is 7.42. The van der Waals surface area contributed by atoms with Crippen molar-refractivity contribution in [2.45, 2.75) is 31.9 Å². The van der Waals surface area contributed by atoms with Crippen molar-refractivity contribution >= 4 is 0 Å². The van der Waals surface area contributed by atoms with Gasteiger partial charge in [0.1, 0.15) is 11.9 Å². The Bertz CT molecular complexity index is 588. The number of imidazole rings is 1. The van der Waals surface area contributed by atoms with Crippen LogP contribution >= 0.6 is 0 Å². The molecule has 1 aromatic carbocycles. The molecule has 0 bridgehead atoms. The fourth-order valence-corrected chi connectivity index (χ4v) is 2.41. The molecule has 0 radical (unpaired) electrons. The maximum Gasteiger partial charge on any atom is 0.125 e. The largest absolute Gasteiger partial charge is 0.496 e. The zero-order valence-electron chi connectivity index (χ0n) is 11.2. The second-order valence-corrected chi connectivity index (χ2v) is 5.10. The zero-order chi connectivity index (χ0) is 13.4. The lowest BCUT2D eigenvalue weighted by atomic mass is 10.0. The highest BCUT2D eigenvalue weighted by atomic mass is 16.5. The van der Waals surface area contributed by atoms with Crippen LogP contribution in [-0.2, 0) is 0 Å². The molecule has 1 aliphatic rings. The van der Waals surface area contributed by atoms with Gasteiger partial charge >= 0.3 is 0 Å². The SMILES string of the molecule is COc1ccc(C)cc1C(O)c1cncn1C1CC1. The summed E-state index contributed by atoms with van der Waals surface area (Å²) >= 11 is 0. The highest BCUT2D eigenvalue weighted by molar-refractivity contribution is 5.41. The van der Waals surface area contributed by atoms with E-state index in [1.165, 1.54) is 12.8 Å². The highest BCUT2D eigenvalue weighted by Crippen LogP contribution is 2.39. The summed E-state index contributed by atoms with van der Waals surface area (Å²) in [6.07, 6.45) is 5.18. The number of ether oxygens (including phenoxy) is 1. The first-order chi connectivity index (χ1) is 9.20. The van der Waals surface area contributed by atoms with Gasteiger partial charge in [-0.1, -0.05) is 11.6 Å². The molecule has 1 aromatic heterocycles. The minimum absolute atomic E-state index is 0.503. The highest BCUT2D eigenvalue weighted by Gasteiger charge is 2.28. The zero-order valence-corrected chi connectivity index (χ0v) is 11.2. The Kier molecular flexibility index (Phi) is 3.03. The van der Waals surface area contributed by atoms with Gasteiger partial charge in [-0.05, 0) is 31.9 Å². The predicted octanol–water partition coefficient (Wildman–Crippen LogP) is 2.62. The first kappa shape index (κ1) is 12.2. The van der Waals surface area contributed by atoms with Crippen LogP contribution in [0.15, 0.2) is 30.7 Å². The number of hydrogen-bond donors (Lipinski definition) is 1. The van der Waals surface area contributed by atoms with E-state index in [1.807, 2.05) is 25.1 Å². The van der Waals surface area contributed by atoms with Crippen LogP contribution in [0.2, 0.25) is 0 Å². The Morgan fingerprint density at radius 2 is 2.21 bits per heavy atom. The van der Waals surface area contributed by atoms with Crippen LogP contribution in [0.1, 0.15) is 41.8 Å². The van der Waals surface area contributed by atoms with Gasteiger partial charge in [-0.2, -0.15) is 0 Å². The summed E-state index contributed by atoms with van der Waals surface area (Å²) in [6.45, 7) is 2.01. The number of aromatic nitrogens is 2. The molecule has 0 amide bonds. The molecule has 1 heterocycles. The molecule has 2 aromatic rings. The van der Waals surface area contributed by atoms with Crippen molar-refractivity contribution in [1.82, 2.24) is 9.55 Å². The third-order valence-corrected chi connectivity index (χ3v) is 3.60. The van der Waals surface area contributed by atoms with E-state index in [2.05, 4.69) is 9.55 Å². The Labute approximate surface area is 112 Å². The van der Waals surface area contributed by atoms with Crippen LogP contribution in [0.5, 0.6) is 5.75 Å². The minimum Gasteiger partial charge on any atom is -0.496 e. The lowest BCUT2D eigenvalue weighted by molar-refractivity contribution is 0.204. The maximum absolute atomic E-state index is 10.6. The van der Waals surface area contributed by atoms with Crippen LogP contribution in [-0.4, -0.2) is 21.8 Å². The van der Waals surface area contributed by atoms with E-state index >= 15 is 0 Å². The summed E-state index contributed by atoms with van der Waals surface area (Å²) in [5.74, 6) is 0.710. The van der Waals surface area contributed by atoms with Gasteiger partial charge in [-0.25, -0.2) is 4.98 Å². The molecule has 0 aliphatic heterocycles. The van der Waals surface area contributed by atoms with Gasteiger partial charge < -0.3 is 14.4 Å². The van der Waals surface area contributed by atoms with E-state index in [9.17, 15) is 5.11 Å². The third-order valence-electron chi connectivity index (χ3n) is 3.60. The van der Waals surface area contributed by atoms with E-state index in [1.54, 1.807) is 19.6 Å². The number of nitrogens with zero attached hydrogens (tertiary/aromatic N) is 2. The number of rotatable bonds is 4. The van der Waals surface area contributed by atoms with Gasteiger partial charge in [0.25, 0.3) is 0 Å². The Balaban J connectivity index is 2.00. The van der Waals surface area contributed by atoms with Crippen molar-refractivity contribution in [2.24, 2.45) is 0 Å². The van der Waals surface area contributed by atoms with Crippen molar-refractivity contribution in [3.63, 3.8) is 0 Å². The summed E-state index contributed by atoms with van der Waals surface area (Å²) in [7, 11) is 1.62. The van der Waals surface area contributed by atoms with E-state index < -0.39 is 6.10 Å². The molecular weight excluding hydrogens is 240 g/mol. The van der Waals surface area contributed by atoms with Crippen molar-refractivity contribution in [2.75, 3.05) is 7.11 Å². The van der Waals surface area contributed by atoms with E-state index in [4.69, 9.17) is 4.74 Å². The number of benzene rings is 1. The smallest absolute Gasteiger partial charge is 0.125 e. The third kappa shape index (κ3) is 2.24. The van der Waals surface area contributed by atoms with Crippen molar-refractivity contribution in [3.8, 4) is 5.75 Å². The van der Waals surface area contributed by atoms with E-state index in [-0.39, 0.29) is 0 Å². The van der Waals surface area contributed by atoms with Gasteiger partial charge in [0.15, 0.2) is 0 Å². The normalized spacial score (nSPS) is 16.4. The first-order valence-corrected chi connectivity index (χ1v) is 6.55. The second kappa shape index (κ2) is 4.70. The summed E-state index contributed by atoms with van der Waals surface area (Å²) in [5.41, 5.74) is 2.74. The Morgan fingerprint density at radius 1 is 1.42 bits per heavy atom. The fourth-order valence-electron chi connectivity index (χ4n) is 2.41. The lowest BCUT2D eigenvalue weighted by Crippen LogP contribution is -2.08. The van der Waals surface area contributed by atoms with Crippen LogP contribution in [0.4, 0.5) is 0 Å². The standard InChI is InChI=1S/C15H18N2O2/c1-10-3-6-14(19-2)12(7-10)15(18)13-8-16-9-17(13)11-4-5-11/h3,6-9,11,15,18H,4-5H2,1-2H3. The molecule has 0 saturated heterocycles. The maximum atomic E-state index is 10.6. The Morgan fingerprint density at radius 3 is 2.89 bits per heavy atom. The van der Waals surface area contributed by atoms with Crippen molar-refractivity contribution in [1.29, 1.82) is 0 Å². The molecule has 0 spiro atoms. The number of aliphatic hydroxyl groups is 1. The van der Waals surface area contributed by atoms with Gasteiger partial charge in [-0.15, -0.1) is 0 Å². The lowest BCUT2D eigenvalue weighted by Gasteiger charge is -2.17. The molecule has 1 saturated carbocycles. The van der Waals surface area contributed by atoms with E-state index in [0.29, 0.717) is 11.8 Å². The molecular formula is C15H18N2O2. The van der Waals surface area contributed by atoms with Crippen molar-refractivity contribution < 1.29 is 9.84 Å². The molecule has 1 fully saturated rings. The van der Waals surface area contributed by atoms with Gasteiger partial charge in [0, 0.05) is 11.6 Å². The molecule has 3 rings (SSSR count). The Hall–Kier alpha value is -1.81. The van der Waals surface area contributed by atoms with Gasteiger partial charge in [-0.3, -0.25) is 0 Å². The molecule has 1 aliphatic carbocycles. The summed E-state index contributed by atoms with van der Waals surface area (Å²) in [5, 5.41) is 10.6. The van der Waals surface area contributed by atoms with Crippen LogP contribution in [0.25, 0.3) is 0 Å². The number of methoxy groups -OCH3 is 1. The predicted molar refractivity (Wildman–Crippen MR) is 72.3 cm³/mol. The average Bonchev–Trinajstić information content (AvgIpc) is 3.15. The molecule has 1 atom stereocenters. The average molecular weight is 258 g/mol. The molecule has 19 heavy (non-hydrogen) atoms. The topological polar surface area (TPSA) is 47.3 Å². The molecule has 1 N–H and O–H groups in total. The molecule has 4 nitrogen and oxygen atoms in total. The first-order valence-electron chi connectivity index (χ1n) is 6.55. The van der Waals surface area contributed by atoms with Crippen molar-refractivity contribution in [3.05, 3.63) is 47.5 Å². The number of aryl methyl sites for hydroxylation is 1. The molecule has 100 valence electrons.